The first-order valence-corrected chi connectivity index (χ1v) is 7.07. The van der Waals surface area contributed by atoms with Crippen LogP contribution in [0.4, 0.5) is 0 Å². The van der Waals surface area contributed by atoms with Crippen LogP contribution < -0.4 is 0 Å². The third-order valence-electron chi connectivity index (χ3n) is 3.52. The van der Waals surface area contributed by atoms with Crippen molar-refractivity contribution < 1.29 is 9.53 Å². The number of ether oxygens (including phenoxy) is 1. The maximum atomic E-state index is 12.4. The molecule has 0 bridgehead atoms. The molecule has 1 N–H and O–H groups in total. The van der Waals surface area contributed by atoms with E-state index in [4.69, 9.17) is 4.74 Å². The van der Waals surface area contributed by atoms with Crippen molar-refractivity contribution in [2.75, 3.05) is 13.2 Å². The SMILES string of the molecule is CCOCc1nnn2c1CN(C(=O)c1ccn[nH]1)CCC2. The number of fused-ring (bicyclic) bond motifs is 1. The molecule has 3 rings (SSSR count). The Morgan fingerprint density at radius 3 is 3.14 bits per heavy atom. The minimum atomic E-state index is -0.0514. The fourth-order valence-electron chi connectivity index (χ4n) is 2.42. The normalized spacial score (nSPS) is 14.8. The van der Waals surface area contributed by atoms with Gasteiger partial charge in [-0.05, 0) is 19.4 Å². The number of nitrogens with zero attached hydrogens (tertiary/aromatic N) is 5. The molecule has 0 aromatic carbocycles. The lowest BCUT2D eigenvalue weighted by atomic mass is 10.3. The van der Waals surface area contributed by atoms with Gasteiger partial charge >= 0.3 is 0 Å². The van der Waals surface area contributed by atoms with Crippen molar-refractivity contribution in [3.63, 3.8) is 0 Å². The van der Waals surface area contributed by atoms with Crippen molar-refractivity contribution in [2.45, 2.75) is 33.0 Å². The second kappa shape index (κ2) is 6.04. The molecular formula is C13H18N6O2. The van der Waals surface area contributed by atoms with Gasteiger partial charge in [0.05, 0.1) is 18.8 Å². The average molecular weight is 290 g/mol. The first kappa shape index (κ1) is 13.7. The Morgan fingerprint density at radius 1 is 1.48 bits per heavy atom. The molecule has 0 saturated carbocycles. The van der Waals surface area contributed by atoms with Gasteiger partial charge in [-0.1, -0.05) is 5.21 Å². The molecule has 8 nitrogen and oxygen atoms in total. The number of aryl methyl sites for hydroxylation is 1. The second-order valence-corrected chi connectivity index (χ2v) is 4.89. The van der Waals surface area contributed by atoms with Crippen LogP contribution in [0.15, 0.2) is 12.3 Å². The number of hydrogen-bond donors (Lipinski definition) is 1. The van der Waals surface area contributed by atoms with Gasteiger partial charge in [0.1, 0.15) is 11.4 Å². The summed E-state index contributed by atoms with van der Waals surface area (Å²) in [5.74, 6) is -0.0514. The molecule has 8 heteroatoms. The molecule has 2 aromatic rings. The van der Waals surface area contributed by atoms with Gasteiger partial charge in [0, 0.05) is 25.9 Å². The molecule has 0 radical (unpaired) electrons. The predicted octanol–water partition coefficient (Wildman–Crippen LogP) is 0.584. The summed E-state index contributed by atoms with van der Waals surface area (Å²) in [6, 6.07) is 1.68. The maximum Gasteiger partial charge on any atom is 0.272 e. The van der Waals surface area contributed by atoms with Crippen molar-refractivity contribution in [1.82, 2.24) is 30.1 Å². The predicted molar refractivity (Wildman–Crippen MR) is 73.3 cm³/mol. The van der Waals surface area contributed by atoms with Crippen LogP contribution in [-0.4, -0.2) is 49.1 Å². The lowest BCUT2D eigenvalue weighted by Crippen LogP contribution is -2.31. The van der Waals surface area contributed by atoms with Gasteiger partial charge in [-0.3, -0.25) is 9.89 Å². The molecule has 0 fully saturated rings. The molecule has 1 amide bonds. The van der Waals surface area contributed by atoms with Crippen LogP contribution in [0.1, 0.15) is 35.2 Å². The molecule has 0 aliphatic carbocycles. The minimum Gasteiger partial charge on any atom is -0.375 e. The molecule has 3 heterocycles. The van der Waals surface area contributed by atoms with Crippen molar-refractivity contribution in [3.8, 4) is 0 Å². The summed E-state index contributed by atoms with van der Waals surface area (Å²) in [6.07, 6.45) is 2.43. The zero-order chi connectivity index (χ0) is 14.7. The Balaban J connectivity index is 1.81. The first-order chi connectivity index (χ1) is 10.3. The fraction of sp³-hybridized carbons (Fsp3) is 0.538. The van der Waals surface area contributed by atoms with Crippen LogP contribution in [0, 0.1) is 0 Å². The van der Waals surface area contributed by atoms with E-state index in [0.717, 1.165) is 24.4 Å². The Bertz CT molecular complexity index is 606. The molecule has 112 valence electrons. The number of H-pyrrole nitrogens is 1. The van der Waals surface area contributed by atoms with Crippen molar-refractivity contribution in [2.24, 2.45) is 0 Å². The van der Waals surface area contributed by atoms with E-state index in [0.29, 0.717) is 32.0 Å². The maximum absolute atomic E-state index is 12.4. The van der Waals surface area contributed by atoms with Crippen molar-refractivity contribution in [3.05, 3.63) is 29.3 Å². The Morgan fingerprint density at radius 2 is 2.38 bits per heavy atom. The highest BCUT2D eigenvalue weighted by atomic mass is 16.5. The van der Waals surface area contributed by atoms with E-state index in [9.17, 15) is 4.79 Å². The lowest BCUT2D eigenvalue weighted by Gasteiger charge is -2.19. The summed E-state index contributed by atoms with van der Waals surface area (Å²) in [7, 11) is 0. The average Bonchev–Trinajstić information content (AvgIpc) is 3.10. The van der Waals surface area contributed by atoms with Crippen LogP contribution in [0.25, 0.3) is 0 Å². The van der Waals surface area contributed by atoms with Gasteiger partial charge in [0.15, 0.2) is 0 Å². The highest BCUT2D eigenvalue weighted by Gasteiger charge is 2.24. The molecule has 1 aliphatic rings. The third-order valence-corrected chi connectivity index (χ3v) is 3.52. The topological polar surface area (TPSA) is 88.9 Å². The zero-order valence-electron chi connectivity index (χ0n) is 11.9. The van der Waals surface area contributed by atoms with Crippen molar-refractivity contribution in [1.29, 1.82) is 0 Å². The number of carbonyl (C=O) groups is 1. The monoisotopic (exact) mass is 290 g/mol. The van der Waals surface area contributed by atoms with E-state index in [2.05, 4.69) is 20.5 Å². The number of nitrogens with one attached hydrogen (secondary N) is 1. The van der Waals surface area contributed by atoms with Crippen LogP contribution in [0.3, 0.4) is 0 Å². The van der Waals surface area contributed by atoms with E-state index in [1.165, 1.54) is 0 Å². The van der Waals surface area contributed by atoms with Gasteiger partial charge in [-0.2, -0.15) is 5.10 Å². The number of aromatic amines is 1. The molecule has 0 unspecified atom stereocenters. The largest absolute Gasteiger partial charge is 0.375 e. The zero-order valence-corrected chi connectivity index (χ0v) is 11.9. The number of amides is 1. The summed E-state index contributed by atoms with van der Waals surface area (Å²) in [5, 5.41) is 14.9. The van der Waals surface area contributed by atoms with Gasteiger partial charge in [0.2, 0.25) is 0 Å². The van der Waals surface area contributed by atoms with Crippen molar-refractivity contribution >= 4 is 5.91 Å². The fourth-order valence-corrected chi connectivity index (χ4v) is 2.42. The number of aromatic nitrogens is 5. The lowest BCUT2D eigenvalue weighted by molar-refractivity contribution is 0.0737. The summed E-state index contributed by atoms with van der Waals surface area (Å²) in [4.78, 5) is 14.2. The third kappa shape index (κ3) is 2.80. The quantitative estimate of drug-likeness (QED) is 0.890. The number of hydrogen-bond acceptors (Lipinski definition) is 5. The highest BCUT2D eigenvalue weighted by molar-refractivity contribution is 5.92. The molecule has 2 aromatic heterocycles. The van der Waals surface area contributed by atoms with Gasteiger partial charge in [0.25, 0.3) is 5.91 Å². The van der Waals surface area contributed by atoms with E-state index >= 15 is 0 Å². The molecular weight excluding hydrogens is 272 g/mol. The van der Waals surface area contributed by atoms with E-state index in [-0.39, 0.29) is 5.91 Å². The van der Waals surface area contributed by atoms with E-state index < -0.39 is 0 Å². The number of rotatable bonds is 4. The summed E-state index contributed by atoms with van der Waals surface area (Å²) in [5.41, 5.74) is 2.26. The smallest absolute Gasteiger partial charge is 0.272 e. The van der Waals surface area contributed by atoms with Crippen LogP contribution in [0.2, 0.25) is 0 Å². The molecule has 21 heavy (non-hydrogen) atoms. The first-order valence-electron chi connectivity index (χ1n) is 7.07. The number of carbonyl (C=O) groups excluding carboxylic acids is 1. The van der Waals surface area contributed by atoms with Crippen LogP contribution >= 0.6 is 0 Å². The summed E-state index contributed by atoms with van der Waals surface area (Å²) < 4.78 is 7.29. The van der Waals surface area contributed by atoms with Gasteiger partial charge < -0.3 is 9.64 Å². The second-order valence-electron chi connectivity index (χ2n) is 4.89. The molecule has 0 saturated heterocycles. The summed E-state index contributed by atoms with van der Waals surface area (Å²) in [6.45, 7) is 4.95. The Kier molecular flexibility index (Phi) is 3.96. The molecule has 1 aliphatic heterocycles. The van der Waals surface area contributed by atoms with Crippen LogP contribution in [-0.2, 0) is 24.4 Å². The Labute approximate surface area is 122 Å². The molecule has 0 spiro atoms. The Hall–Kier alpha value is -2.22. The van der Waals surface area contributed by atoms with Crippen LogP contribution in [0.5, 0.6) is 0 Å². The standard InChI is InChI=1S/C13H18N6O2/c1-2-21-9-11-12-8-18(6-3-7-19(12)17-16-11)13(20)10-4-5-14-15-10/h4-5H,2-3,6-9H2,1H3,(H,14,15). The van der Waals surface area contributed by atoms with Gasteiger partial charge in [-0.15, -0.1) is 5.10 Å². The summed E-state index contributed by atoms with van der Waals surface area (Å²) >= 11 is 0. The van der Waals surface area contributed by atoms with Gasteiger partial charge in [-0.25, -0.2) is 4.68 Å². The molecule has 0 atom stereocenters. The van der Waals surface area contributed by atoms with E-state index in [1.807, 2.05) is 11.6 Å². The minimum absolute atomic E-state index is 0.0514. The van der Waals surface area contributed by atoms with E-state index in [1.54, 1.807) is 17.2 Å². The highest BCUT2D eigenvalue weighted by Crippen LogP contribution is 2.17.